The van der Waals surface area contributed by atoms with E-state index in [0.717, 1.165) is 40.8 Å². The molecule has 5 rings (SSSR count). The van der Waals surface area contributed by atoms with E-state index < -0.39 is 42.8 Å². The zero-order valence-corrected chi connectivity index (χ0v) is 29.8. The second-order valence-corrected chi connectivity index (χ2v) is 13.5. The number of alkyl carbamates (subject to hydrolysis) is 1. The van der Waals surface area contributed by atoms with Gasteiger partial charge >= 0.3 is 12.2 Å². The molecule has 2 aromatic carbocycles. The quantitative estimate of drug-likeness (QED) is 0.103. The van der Waals surface area contributed by atoms with Crippen LogP contribution in [-0.2, 0) is 14.3 Å². The first-order chi connectivity index (χ1) is 24.9. The van der Waals surface area contributed by atoms with Gasteiger partial charge in [-0.3, -0.25) is 9.59 Å². The molecular weight excluding hydrogens is 668 g/mol. The molecule has 1 saturated heterocycles. The van der Waals surface area contributed by atoms with Gasteiger partial charge in [-0.05, 0) is 46.9 Å². The van der Waals surface area contributed by atoms with Crippen LogP contribution in [0.3, 0.4) is 0 Å². The molecular formula is C37H46N8O7. The number of aromatic nitrogens is 4. The molecule has 1 fully saturated rings. The third-order valence-electron chi connectivity index (χ3n) is 9.22. The fourth-order valence-corrected chi connectivity index (χ4v) is 6.32. The Morgan fingerprint density at radius 3 is 1.92 bits per heavy atom. The minimum Gasteiger partial charge on any atom is -0.465 e. The van der Waals surface area contributed by atoms with Crippen LogP contribution in [0.15, 0.2) is 60.9 Å². The molecule has 52 heavy (non-hydrogen) atoms. The van der Waals surface area contributed by atoms with E-state index in [1.165, 1.54) is 7.11 Å². The maximum absolute atomic E-state index is 13.3. The van der Waals surface area contributed by atoms with Gasteiger partial charge in [-0.2, -0.15) is 0 Å². The third-order valence-corrected chi connectivity index (χ3v) is 9.22. The molecule has 4 aromatic rings. The number of aliphatic hydroxyl groups is 1. The Morgan fingerprint density at radius 2 is 1.38 bits per heavy atom. The van der Waals surface area contributed by atoms with Gasteiger partial charge in [0.2, 0.25) is 11.8 Å². The molecule has 0 radical (unpaired) electrons. The van der Waals surface area contributed by atoms with Gasteiger partial charge in [0.1, 0.15) is 29.8 Å². The highest BCUT2D eigenvalue weighted by Crippen LogP contribution is 2.33. The van der Waals surface area contributed by atoms with E-state index in [1.54, 1.807) is 31.1 Å². The summed E-state index contributed by atoms with van der Waals surface area (Å²) in [5.41, 5.74) is 5.30. The van der Waals surface area contributed by atoms with Crippen molar-refractivity contribution in [2.75, 3.05) is 20.3 Å². The molecule has 276 valence electrons. The number of imidazole rings is 2. The van der Waals surface area contributed by atoms with E-state index in [2.05, 4.69) is 40.6 Å². The molecule has 4 unspecified atom stereocenters. The summed E-state index contributed by atoms with van der Waals surface area (Å²) in [5, 5.41) is 26.9. The number of carbonyl (C=O) groups is 4. The summed E-state index contributed by atoms with van der Waals surface area (Å²) < 4.78 is 4.63. The predicted molar refractivity (Wildman–Crippen MR) is 193 cm³/mol. The van der Waals surface area contributed by atoms with Gasteiger partial charge in [0.15, 0.2) is 0 Å². The van der Waals surface area contributed by atoms with Gasteiger partial charge in [-0.25, -0.2) is 19.6 Å². The molecule has 1 aliphatic heterocycles. The van der Waals surface area contributed by atoms with Crippen molar-refractivity contribution in [2.24, 2.45) is 11.8 Å². The van der Waals surface area contributed by atoms with Gasteiger partial charge in [0.25, 0.3) is 0 Å². The Balaban J connectivity index is 1.23. The number of amides is 4. The molecule has 1 aliphatic rings. The number of carbonyl (C=O) groups excluding carboxylic acids is 3. The summed E-state index contributed by atoms with van der Waals surface area (Å²) in [5.74, 6) is -0.0942. The summed E-state index contributed by atoms with van der Waals surface area (Å²) in [7, 11) is 1.22. The van der Waals surface area contributed by atoms with Gasteiger partial charge in [-0.15, -0.1) is 0 Å². The SMILES string of the molecule is COC(=O)NC(C(=O)NC(CO)c1ncc(-c2ccc(-c3ccc(-c4cnc(C5CCCN5C(=O)C(NC(=O)O)C(C)C)[nH]4)cc3)cc2)[nH]1)C(C)C. The number of benzene rings is 2. The first-order valence-corrected chi connectivity index (χ1v) is 17.3. The monoisotopic (exact) mass is 714 g/mol. The standard InChI is InChI=1S/C37H46N8O7/c1-20(2)30(44-37(51)52-5)34(47)42-28(19-46)32-38-17-26(40-32)24-12-8-22(9-13-24)23-10-14-25(15-11-23)27-18-39-33(41-27)29-7-6-16-45(29)35(48)31(21(3)4)43-36(49)50/h8-15,17-18,20-21,28-31,43,46H,6-7,16,19H2,1-5H3,(H,38,40)(H,39,41)(H,42,47)(H,44,51)(H,49,50). The lowest BCUT2D eigenvalue weighted by atomic mass is 10.0. The van der Waals surface area contributed by atoms with Crippen LogP contribution < -0.4 is 16.0 Å². The van der Waals surface area contributed by atoms with E-state index in [4.69, 9.17) is 0 Å². The van der Waals surface area contributed by atoms with Crippen LogP contribution in [0.1, 0.15) is 64.3 Å². The number of methoxy groups -OCH3 is 1. The Labute approximate surface area is 301 Å². The molecule has 0 spiro atoms. The number of aliphatic hydroxyl groups excluding tert-OH is 1. The molecule has 2 aromatic heterocycles. The zero-order chi connectivity index (χ0) is 37.5. The van der Waals surface area contributed by atoms with Crippen molar-refractivity contribution >= 4 is 24.0 Å². The second-order valence-electron chi connectivity index (χ2n) is 13.5. The minimum atomic E-state index is -1.22. The molecule has 15 heteroatoms. The maximum Gasteiger partial charge on any atom is 0.407 e. The first kappa shape index (κ1) is 37.6. The Bertz CT molecular complexity index is 1850. The number of aromatic amines is 2. The Kier molecular flexibility index (Phi) is 11.9. The minimum absolute atomic E-state index is 0.196. The maximum atomic E-state index is 13.3. The lowest BCUT2D eigenvalue weighted by molar-refractivity contribution is -0.135. The second kappa shape index (κ2) is 16.5. The van der Waals surface area contributed by atoms with Gasteiger partial charge in [0.05, 0.1) is 43.5 Å². The highest BCUT2D eigenvalue weighted by atomic mass is 16.5. The van der Waals surface area contributed by atoms with Crippen molar-refractivity contribution in [2.45, 2.75) is 64.7 Å². The van der Waals surface area contributed by atoms with E-state index in [9.17, 15) is 29.4 Å². The van der Waals surface area contributed by atoms with Crippen LogP contribution in [0.4, 0.5) is 9.59 Å². The number of rotatable bonds is 13. The average molecular weight is 715 g/mol. The van der Waals surface area contributed by atoms with Crippen LogP contribution in [0, 0.1) is 11.8 Å². The summed E-state index contributed by atoms with van der Waals surface area (Å²) in [4.78, 5) is 66.6. The fraction of sp³-hybridized carbons (Fsp3) is 0.405. The van der Waals surface area contributed by atoms with Gasteiger partial charge < -0.3 is 45.8 Å². The normalized spacial score (nSPS) is 16.0. The Morgan fingerprint density at radius 1 is 0.827 bits per heavy atom. The fourth-order valence-electron chi connectivity index (χ4n) is 6.32. The topological polar surface area (TPSA) is 215 Å². The number of carboxylic acid groups (broad SMARTS) is 1. The van der Waals surface area contributed by atoms with Crippen LogP contribution in [0.2, 0.25) is 0 Å². The number of hydrogen-bond acceptors (Lipinski definition) is 8. The molecule has 4 atom stereocenters. The van der Waals surface area contributed by atoms with E-state index in [1.807, 2.05) is 62.4 Å². The zero-order valence-electron chi connectivity index (χ0n) is 29.8. The van der Waals surface area contributed by atoms with Gasteiger partial charge in [-0.1, -0.05) is 76.2 Å². The van der Waals surface area contributed by atoms with Crippen molar-refractivity contribution in [3.8, 4) is 33.6 Å². The lowest BCUT2D eigenvalue weighted by Gasteiger charge is -2.29. The van der Waals surface area contributed by atoms with Gasteiger partial charge in [0, 0.05) is 6.54 Å². The summed E-state index contributed by atoms with van der Waals surface area (Å²) in [6.45, 7) is 7.35. The number of H-pyrrole nitrogens is 2. The Hall–Kier alpha value is -5.70. The highest BCUT2D eigenvalue weighted by molar-refractivity contribution is 5.87. The molecule has 15 nitrogen and oxygen atoms in total. The van der Waals surface area contributed by atoms with Crippen LogP contribution in [-0.4, -0.2) is 91.4 Å². The number of likely N-dealkylation sites (tertiary alicyclic amines) is 1. The van der Waals surface area contributed by atoms with Crippen LogP contribution >= 0.6 is 0 Å². The average Bonchev–Trinajstić information content (AvgIpc) is 3.93. The molecule has 0 saturated carbocycles. The van der Waals surface area contributed by atoms with Crippen molar-refractivity contribution in [3.63, 3.8) is 0 Å². The predicted octanol–water partition coefficient (Wildman–Crippen LogP) is 4.62. The summed E-state index contributed by atoms with van der Waals surface area (Å²) >= 11 is 0. The van der Waals surface area contributed by atoms with E-state index in [-0.39, 0.29) is 23.8 Å². The number of nitrogens with zero attached hydrogens (tertiary/aromatic N) is 3. The molecule has 4 amide bonds. The largest absolute Gasteiger partial charge is 0.465 e. The molecule has 7 N–H and O–H groups in total. The van der Waals surface area contributed by atoms with Crippen molar-refractivity contribution in [1.82, 2.24) is 40.8 Å². The number of hydrogen-bond donors (Lipinski definition) is 7. The van der Waals surface area contributed by atoms with Crippen molar-refractivity contribution in [3.05, 3.63) is 72.6 Å². The first-order valence-electron chi connectivity index (χ1n) is 17.3. The van der Waals surface area contributed by atoms with Crippen LogP contribution in [0.5, 0.6) is 0 Å². The molecule has 0 bridgehead atoms. The van der Waals surface area contributed by atoms with Crippen molar-refractivity contribution < 1.29 is 34.1 Å². The lowest BCUT2D eigenvalue weighted by Crippen LogP contribution is -2.51. The van der Waals surface area contributed by atoms with Crippen molar-refractivity contribution in [1.29, 1.82) is 0 Å². The number of nitrogens with one attached hydrogen (secondary N) is 5. The van der Waals surface area contributed by atoms with E-state index in [0.29, 0.717) is 23.9 Å². The highest BCUT2D eigenvalue weighted by Gasteiger charge is 2.37. The third kappa shape index (κ3) is 8.60. The molecule has 3 heterocycles. The number of ether oxygens (including phenoxy) is 1. The summed E-state index contributed by atoms with van der Waals surface area (Å²) in [6.07, 6.45) is 2.98. The van der Waals surface area contributed by atoms with Crippen LogP contribution in [0.25, 0.3) is 33.6 Å². The smallest absolute Gasteiger partial charge is 0.407 e. The molecule has 0 aliphatic carbocycles. The van der Waals surface area contributed by atoms with E-state index >= 15 is 0 Å². The summed E-state index contributed by atoms with van der Waals surface area (Å²) in [6, 6.07) is 13.2.